The molecule has 0 unspecified atom stereocenters. The van der Waals surface area contributed by atoms with Gasteiger partial charge in [-0.15, -0.1) is 0 Å². The average molecular weight is 180 g/mol. The Kier molecular flexibility index (Phi) is 5.19. The fourth-order valence-corrected chi connectivity index (χ4v) is 2.04. The van der Waals surface area contributed by atoms with Crippen molar-refractivity contribution in [1.29, 1.82) is 0 Å². The van der Waals surface area contributed by atoms with E-state index in [1.54, 1.807) is 0 Å². The Balaban J connectivity index is 2.07. The van der Waals surface area contributed by atoms with Crippen LogP contribution in [0.3, 0.4) is 0 Å². The van der Waals surface area contributed by atoms with E-state index in [2.05, 4.69) is 26.0 Å². The quantitative estimate of drug-likeness (QED) is 0.556. The highest BCUT2D eigenvalue weighted by molar-refractivity contribution is 4.89. The van der Waals surface area contributed by atoms with Gasteiger partial charge in [0.2, 0.25) is 0 Å². The molecule has 0 heterocycles. The van der Waals surface area contributed by atoms with Crippen LogP contribution in [0, 0.1) is 11.8 Å². The first-order valence-corrected chi connectivity index (χ1v) is 5.95. The Morgan fingerprint density at radius 1 is 1.15 bits per heavy atom. The van der Waals surface area contributed by atoms with E-state index < -0.39 is 0 Å². The third-order valence-corrected chi connectivity index (χ3v) is 2.97. The van der Waals surface area contributed by atoms with Crippen molar-refractivity contribution in [2.75, 3.05) is 0 Å². The van der Waals surface area contributed by atoms with E-state index in [9.17, 15) is 0 Å². The third-order valence-electron chi connectivity index (χ3n) is 2.97. The molecule has 1 rings (SSSR count). The van der Waals surface area contributed by atoms with Crippen LogP contribution in [0.15, 0.2) is 12.2 Å². The summed E-state index contributed by atoms with van der Waals surface area (Å²) < 4.78 is 0. The van der Waals surface area contributed by atoms with Gasteiger partial charge in [0, 0.05) is 0 Å². The van der Waals surface area contributed by atoms with E-state index in [1.807, 2.05) is 0 Å². The molecule has 0 aliphatic heterocycles. The fourth-order valence-electron chi connectivity index (χ4n) is 2.04. The van der Waals surface area contributed by atoms with Gasteiger partial charge in [-0.05, 0) is 37.5 Å². The standard InChI is InChI=1S/C13H24/c1-12(2)8-6-7-11-13-9-4-3-5-10-13/h7,11-13H,3-6,8-10H2,1-2H3/b11-7+. The molecule has 0 N–H and O–H groups in total. The Labute approximate surface area is 83.4 Å². The Morgan fingerprint density at radius 2 is 1.85 bits per heavy atom. The van der Waals surface area contributed by atoms with Gasteiger partial charge in [-0.3, -0.25) is 0 Å². The summed E-state index contributed by atoms with van der Waals surface area (Å²) in [5.74, 6) is 1.77. The lowest BCUT2D eigenvalue weighted by Crippen LogP contribution is -2.02. The van der Waals surface area contributed by atoms with Crippen LogP contribution in [0.1, 0.15) is 58.8 Å². The zero-order valence-corrected chi connectivity index (χ0v) is 9.26. The first-order valence-electron chi connectivity index (χ1n) is 5.95. The SMILES string of the molecule is CC(C)CC/C=C/C1CCCCC1. The molecule has 0 aromatic heterocycles. The van der Waals surface area contributed by atoms with Gasteiger partial charge in [-0.2, -0.15) is 0 Å². The Bertz CT molecular complexity index is 138. The van der Waals surface area contributed by atoms with E-state index in [0.29, 0.717) is 0 Å². The van der Waals surface area contributed by atoms with Crippen molar-refractivity contribution in [3.63, 3.8) is 0 Å². The van der Waals surface area contributed by atoms with Crippen molar-refractivity contribution in [2.24, 2.45) is 11.8 Å². The van der Waals surface area contributed by atoms with Crippen molar-refractivity contribution in [3.05, 3.63) is 12.2 Å². The highest BCUT2D eigenvalue weighted by Crippen LogP contribution is 2.24. The van der Waals surface area contributed by atoms with Gasteiger partial charge >= 0.3 is 0 Å². The highest BCUT2D eigenvalue weighted by atomic mass is 14.1. The summed E-state index contributed by atoms with van der Waals surface area (Å²) in [4.78, 5) is 0. The van der Waals surface area contributed by atoms with Gasteiger partial charge in [0.1, 0.15) is 0 Å². The molecule has 1 aliphatic carbocycles. The topological polar surface area (TPSA) is 0 Å². The van der Waals surface area contributed by atoms with Gasteiger partial charge in [0.15, 0.2) is 0 Å². The zero-order valence-electron chi connectivity index (χ0n) is 9.26. The van der Waals surface area contributed by atoms with E-state index in [0.717, 1.165) is 11.8 Å². The molecule has 0 bridgehead atoms. The smallest absolute Gasteiger partial charge is 0.0234 e. The molecule has 0 saturated heterocycles. The monoisotopic (exact) mass is 180 g/mol. The second-order valence-electron chi connectivity index (χ2n) is 4.80. The Morgan fingerprint density at radius 3 is 2.46 bits per heavy atom. The second-order valence-corrected chi connectivity index (χ2v) is 4.80. The molecule has 76 valence electrons. The van der Waals surface area contributed by atoms with Gasteiger partial charge in [0.05, 0.1) is 0 Å². The van der Waals surface area contributed by atoms with E-state index >= 15 is 0 Å². The summed E-state index contributed by atoms with van der Waals surface area (Å²) in [6, 6.07) is 0. The molecule has 0 aromatic carbocycles. The number of hydrogen-bond acceptors (Lipinski definition) is 0. The summed E-state index contributed by atoms with van der Waals surface area (Å²) in [6.07, 6.45) is 14.8. The lowest BCUT2D eigenvalue weighted by atomic mass is 9.89. The number of rotatable bonds is 4. The van der Waals surface area contributed by atoms with Crippen molar-refractivity contribution < 1.29 is 0 Å². The lowest BCUT2D eigenvalue weighted by Gasteiger charge is -2.17. The number of allylic oxidation sites excluding steroid dienone is 2. The summed E-state index contributed by atoms with van der Waals surface area (Å²) in [6.45, 7) is 4.60. The highest BCUT2D eigenvalue weighted by Gasteiger charge is 2.09. The Hall–Kier alpha value is -0.260. The molecular weight excluding hydrogens is 156 g/mol. The van der Waals surface area contributed by atoms with Crippen LogP contribution in [0.2, 0.25) is 0 Å². The summed E-state index contributed by atoms with van der Waals surface area (Å²) in [7, 11) is 0. The molecule has 0 radical (unpaired) electrons. The summed E-state index contributed by atoms with van der Waals surface area (Å²) in [5, 5.41) is 0. The molecule has 0 spiro atoms. The van der Waals surface area contributed by atoms with Gasteiger partial charge in [-0.25, -0.2) is 0 Å². The summed E-state index contributed by atoms with van der Waals surface area (Å²) in [5.41, 5.74) is 0. The normalized spacial score (nSPS) is 20.2. The minimum atomic E-state index is 0.857. The largest absolute Gasteiger partial charge is 0.0883 e. The second kappa shape index (κ2) is 6.23. The molecule has 0 atom stereocenters. The van der Waals surface area contributed by atoms with E-state index in [1.165, 1.54) is 44.9 Å². The van der Waals surface area contributed by atoms with Crippen LogP contribution >= 0.6 is 0 Å². The minimum absolute atomic E-state index is 0.857. The van der Waals surface area contributed by atoms with Crippen LogP contribution in [-0.2, 0) is 0 Å². The predicted molar refractivity (Wildman–Crippen MR) is 59.8 cm³/mol. The van der Waals surface area contributed by atoms with Crippen LogP contribution < -0.4 is 0 Å². The first kappa shape index (κ1) is 10.8. The molecule has 1 fully saturated rings. The van der Waals surface area contributed by atoms with Gasteiger partial charge < -0.3 is 0 Å². The lowest BCUT2D eigenvalue weighted by molar-refractivity contribution is 0.418. The van der Waals surface area contributed by atoms with Crippen LogP contribution in [0.25, 0.3) is 0 Å². The van der Waals surface area contributed by atoms with Gasteiger partial charge in [0.25, 0.3) is 0 Å². The fraction of sp³-hybridized carbons (Fsp3) is 0.846. The van der Waals surface area contributed by atoms with E-state index in [4.69, 9.17) is 0 Å². The van der Waals surface area contributed by atoms with Crippen LogP contribution in [0.5, 0.6) is 0 Å². The molecule has 0 heteroatoms. The number of hydrogen-bond donors (Lipinski definition) is 0. The molecule has 0 nitrogen and oxygen atoms in total. The van der Waals surface area contributed by atoms with Crippen molar-refractivity contribution in [1.82, 2.24) is 0 Å². The summed E-state index contributed by atoms with van der Waals surface area (Å²) >= 11 is 0. The maximum atomic E-state index is 2.47. The predicted octanol–water partition coefficient (Wildman–Crippen LogP) is 4.56. The molecule has 1 aliphatic rings. The van der Waals surface area contributed by atoms with Crippen LogP contribution in [-0.4, -0.2) is 0 Å². The molecule has 1 saturated carbocycles. The molecular formula is C13H24. The van der Waals surface area contributed by atoms with Crippen molar-refractivity contribution in [3.8, 4) is 0 Å². The van der Waals surface area contributed by atoms with Crippen molar-refractivity contribution in [2.45, 2.75) is 58.8 Å². The maximum Gasteiger partial charge on any atom is -0.0234 e. The maximum absolute atomic E-state index is 2.47. The third kappa shape index (κ3) is 5.13. The zero-order chi connectivity index (χ0) is 9.52. The van der Waals surface area contributed by atoms with Gasteiger partial charge in [-0.1, -0.05) is 45.3 Å². The first-order chi connectivity index (χ1) is 6.29. The van der Waals surface area contributed by atoms with Crippen LogP contribution in [0.4, 0.5) is 0 Å². The molecule has 13 heavy (non-hydrogen) atoms. The van der Waals surface area contributed by atoms with E-state index in [-0.39, 0.29) is 0 Å². The van der Waals surface area contributed by atoms with Crippen molar-refractivity contribution >= 4 is 0 Å². The molecule has 0 amide bonds. The molecule has 0 aromatic rings. The minimum Gasteiger partial charge on any atom is -0.0883 e. The average Bonchev–Trinajstić information content (AvgIpc) is 2.14.